The molecule has 1 aromatic carbocycles. The summed E-state index contributed by atoms with van der Waals surface area (Å²) in [5, 5.41) is 11.0. The number of carbonyl (C=O) groups excluding carboxylic acids is 3. The van der Waals surface area contributed by atoms with Crippen LogP contribution < -0.4 is 16.0 Å². The highest BCUT2D eigenvalue weighted by Crippen LogP contribution is 2.26. The lowest BCUT2D eigenvalue weighted by molar-refractivity contribution is -0.129. The van der Waals surface area contributed by atoms with Crippen LogP contribution in [0.2, 0.25) is 0 Å². The van der Waals surface area contributed by atoms with E-state index in [0.717, 1.165) is 4.88 Å². The highest BCUT2D eigenvalue weighted by atomic mass is 32.1. The molecule has 3 N–H and O–H groups in total. The number of amides is 3. The van der Waals surface area contributed by atoms with Crippen molar-refractivity contribution in [1.29, 1.82) is 0 Å². The second-order valence-electron chi connectivity index (χ2n) is 7.78. The van der Waals surface area contributed by atoms with Gasteiger partial charge in [0, 0.05) is 42.0 Å². The van der Waals surface area contributed by atoms with Crippen molar-refractivity contribution in [2.45, 2.75) is 43.9 Å². The predicted molar refractivity (Wildman–Crippen MR) is 115 cm³/mol. The monoisotopic (exact) mass is 426 g/mol. The Bertz CT molecular complexity index is 887. The maximum Gasteiger partial charge on any atom is 0.251 e. The van der Waals surface area contributed by atoms with Gasteiger partial charge < -0.3 is 16.0 Å². The third-order valence-corrected chi connectivity index (χ3v) is 6.61. The summed E-state index contributed by atoms with van der Waals surface area (Å²) in [5.41, 5.74) is 0.616. The van der Waals surface area contributed by atoms with Gasteiger partial charge in [-0.2, -0.15) is 0 Å². The molecule has 7 nitrogen and oxygen atoms in total. The molecule has 3 heterocycles. The first-order valence-electron chi connectivity index (χ1n) is 10.3. The van der Waals surface area contributed by atoms with E-state index in [1.165, 1.54) is 0 Å². The molecule has 1 aromatic heterocycles. The van der Waals surface area contributed by atoms with Crippen molar-refractivity contribution >= 4 is 29.1 Å². The summed E-state index contributed by atoms with van der Waals surface area (Å²) in [6.07, 6.45) is 1.67. The normalized spacial score (nSPS) is 23.5. The van der Waals surface area contributed by atoms with E-state index in [9.17, 15) is 14.4 Å². The third kappa shape index (κ3) is 4.88. The lowest BCUT2D eigenvalue weighted by atomic mass is 10.0. The molecule has 3 amide bonds. The van der Waals surface area contributed by atoms with Gasteiger partial charge in [0.1, 0.15) is 0 Å². The number of piperazine rings is 1. The first-order valence-corrected chi connectivity index (χ1v) is 11.2. The summed E-state index contributed by atoms with van der Waals surface area (Å²) < 4.78 is 0. The predicted octanol–water partition coefficient (Wildman–Crippen LogP) is 1.52. The van der Waals surface area contributed by atoms with Crippen molar-refractivity contribution in [1.82, 2.24) is 20.9 Å². The number of benzene rings is 1. The van der Waals surface area contributed by atoms with E-state index in [2.05, 4.69) is 20.9 Å². The fourth-order valence-corrected chi connectivity index (χ4v) is 4.84. The average molecular weight is 427 g/mol. The summed E-state index contributed by atoms with van der Waals surface area (Å²) in [7, 11) is 0. The van der Waals surface area contributed by atoms with Gasteiger partial charge in [0.05, 0.1) is 12.6 Å². The number of hydrogen-bond acceptors (Lipinski definition) is 5. The third-order valence-electron chi connectivity index (χ3n) is 5.74. The Kier molecular flexibility index (Phi) is 6.44. The molecule has 0 spiro atoms. The number of hydrogen-bond donors (Lipinski definition) is 3. The SMILES string of the molecule is O=C(CC[C@@H]1CNC(=O)[C@@H]2C[C@H](NC(=O)c3ccccc3)CN12)NCc1cccs1. The van der Waals surface area contributed by atoms with Crippen molar-refractivity contribution in [3.63, 3.8) is 0 Å². The molecule has 158 valence electrons. The van der Waals surface area contributed by atoms with Crippen LogP contribution in [0.5, 0.6) is 0 Å². The Morgan fingerprint density at radius 3 is 2.77 bits per heavy atom. The zero-order chi connectivity index (χ0) is 20.9. The highest BCUT2D eigenvalue weighted by molar-refractivity contribution is 7.09. The van der Waals surface area contributed by atoms with Crippen molar-refractivity contribution in [3.05, 3.63) is 58.3 Å². The van der Waals surface area contributed by atoms with Crippen LogP contribution in [-0.2, 0) is 16.1 Å². The van der Waals surface area contributed by atoms with Crippen LogP contribution in [0, 0.1) is 0 Å². The van der Waals surface area contributed by atoms with Gasteiger partial charge in [-0.25, -0.2) is 0 Å². The summed E-state index contributed by atoms with van der Waals surface area (Å²) in [4.78, 5) is 40.3. The van der Waals surface area contributed by atoms with Crippen LogP contribution in [0.1, 0.15) is 34.5 Å². The molecule has 30 heavy (non-hydrogen) atoms. The fraction of sp³-hybridized carbons (Fsp3) is 0.409. The first kappa shape index (κ1) is 20.6. The van der Waals surface area contributed by atoms with Crippen molar-refractivity contribution in [3.8, 4) is 0 Å². The van der Waals surface area contributed by atoms with Crippen LogP contribution in [0.4, 0.5) is 0 Å². The largest absolute Gasteiger partial charge is 0.353 e. The zero-order valence-electron chi connectivity index (χ0n) is 16.7. The number of thiophene rings is 1. The summed E-state index contributed by atoms with van der Waals surface area (Å²) in [6, 6.07) is 12.8. The maximum atomic E-state index is 12.5. The van der Waals surface area contributed by atoms with Gasteiger partial charge in [-0.1, -0.05) is 24.3 Å². The summed E-state index contributed by atoms with van der Waals surface area (Å²) >= 11 is 1.62. The minimum absolute atomic E-state index is 0.00450. The Labute approximate surface area is 179 Å². The number of nitrogens with zero attached hydrogens (tertiary/aromatic N) is 1. The van der Waals surface area contributed by atoms with Crippen LogP contribution in [0.15, 0.2) is 47.8 Å². The highest BCUT2D eigenvalue weighted by Gasteiger charge is 2.43. The summed E-state index contributed by atoms with van der Waals surface area (Å²) in [5.74, 6) is -0.0970. The van der Waals surface area contributed by atoms with Gasteiger partial charge in [0.2, 0.25) is 11.8 Å². The average Bonchev–Trinajstić information content (AvgIpc) is 3.43. The van der Waals surface area contributed by atoms with Crippen molar-refractivity contribution in [2.75, 3.05) is 13.1 Å². The van der Waals surface area contributed by atoms with Crippen molar-refractivity contribution in [2.24, 2.45) is 0 Å². The van der Waals surface area contributed by atoms with E-state index >= 15 is 0 Å². The Hall–Kier alpha value is -2.71. The number of nitrogens with one attached hydrogen (secondary N) is 3. The fourth-order valence-electron chi connectivity index (χ4n) is 4.19. The topological polar surface area (TPSA) is 90.5 Å². The molecule has 2 saturated heterocycles. The summed E-state index contributed by atoms with van der Waals surface area (Å²) in [6.45, 7) is 1.71. The molecule has 0 unspecified atom stereocenters. The molecule has 8 heteroatoms. The quantitative estimate of drug-likeness (QED) is 0.626. The van der Waals surface area contributed by atoms with Crippen LogP contribution in [0.3, 0.4) is 0 Å². The van der Waals surface area contributed by atoms with E-state index in [1.54, 1.807) is 23.5 Å². The number of rotatable bonds is 7. The van der Waals surface area contributed by atoms with Gasteiger partial charge in [0.25, 0.3) is 5.91 Å². The lowest BCUT2D eigenvalue weighted by Gasteiger charge is -2.37. The van der Waals surface area contributed by atoms with Gasteiger partial charge in [0.15, 0.2) is 0 Å². The van der Waals surface area contributed by atoms with E-state index in [4.69, 9.17) is 0 Å². The second kappa shape index (κ2) is 9.40. The van der Waals surface area contributed by atoms with E-state index in [1.807, 2.05) is 35.7 Å². The zero-order valence-corrected chi connectivity index (χ0v) is 17.5. The molecule has 2 aromatic rings. The number of fused-ring (bicyclic) bond motifs is 1. The second-order valence-corrected chi connectivity index (χ2v) is 8.81. The Morgan fingerprint density at radius 1 is 1.17 bits per heavy atom. The molecule has 2 aliphatic heterocycles. The molecule has 4 rings (SSSR count). The Balaban J connectivity index is 1.29. The maximum absolute atomic E-state index is 12.5. The van der Waals surface area contributed by atoms with Crippen LogP contribution in [-0.4, -0.2) is 53.8 Å². The minimum Gasteiger partial charge on any atom is -0.353 e. The van der Waals surface area contributed by atoms with E-state index in [-0.39, 0.29) is 35.8 Å². The van der Waals surface area contributed by atoms with E-state index < -0.39 is 0 Å². The van der Waals surface area contributed by atoms with Crippen LogP contribution in [0.25, 0.3) is 0 Å². The molecule has 0 aliphatic carbocycles. The molecular formula is C22H26N4O3S. The lowest BCUT2D eigenvalue weighted by Crippen LogP contribution is -2.58. The molecule has 2 aliphatic rings. The van der Waals surface area contributed by atoms with Gasteiger partial charge in [-0.05, 0) is 36.4 Å². The molecular weight excluding hydrogens is 400 g/mol. The van der Waals surface area contributed by atoms with Gasteiger partial charge in [-0.15, -0.1) is 11.3 Å². The van der Waals surface area contributed by atoms with Crippen LogP contribution >= 0.6 is 11.3 Å². The Morgan fingerprint density at radius 2 is 2.00 bits per heavy atom. The van der Waals surface area contributed by atoms with Gasteiger partial charge >= 0.3 is 0 Å². The van der Waals surface area contributed by atoms with Gasteiger partial charge in [-0.3, -0.25) is 19.3 Å². The number of carbonyl (C=O) groups is 3. The molecule has 0 radical (unpaired) electrons. The van der Waals surface area contributed by atoms with E-state index in [0.29, 0.717) is 44.5 Å². The smallest absolute Gasteiger partial charge is 0.251 e. The molecule has 3 atom stereocenters. The standard InChI is InChI=1S/C22H26N4O3S/c27-20(23-13-18-7-4-10-30-18)9-8-17-12-24-22(29)19-11-16(14-26(17)19)25-21(28)15-5-2-1-3-6-15/h1-7,10,16-17,19H,8-9,11-14H2,(H,23,27)(H,24,29)(H,25,28)/t16-,17+,19-/m0/s1. The molecule has 0 bridgehead atoms. The molecule has 0 saturated carbocycles. The first-order chi connectivity index (χ1) is 14.6. The minimum atomic E-state index is -0.251. The van der Waals surface area contributed by atoms with Crippen molar-refractivity contribution < 1.29 is 14.4 Å². The molecule has 2 fully saturated rings.